The minimum Gasteiger partial charge on any atom is -0.494 e. The molecule has 2 N–H and O–H groups in total. The standard InChI is InChI=1S/C26H27FN6O2/c1-15-25-22(32(3)16(2)26(34)30-25)11-24(29-15)28-12-17-6-8-21-19(9-17)14-33(31-21)13-18-5-7-20(27)23(10-18)35-4/h5-11,14,16H,12-13H2,1-4H3,(H,28,29)(H,30,34)/t16-/m0/s1. The third-order valence-corrected chi connectivity index (χ3v) is 6.42. The first-order chi connectivity index (χ1) is 16.8. The van der Waals surface area contributed by atoms with Gasteiger partial charge in [-0.25, -0.2) is 9.37 Å². The summed E-state index contributed by atoms with van der Waals surface area (Å²) in [6.07, 6.45) is 1.98. The maximum absolute atomic E-state index is 13.7. The van der Waals surface area contributed by atoms with Gasteiger partial charge in [0.25, 0.3) is 0 Å². The third kappa shape index (κ3) is 4.37. The predicted octanol–water partition coefficient (Wildman–Crippen LogP) is 4.32. The van der Waals surface area contributed by atoms with Gasteiger partial charge in [-0.15, -0.1) is 0 Å². The van der Waals surface area contributed by atoms with Gasteiger partial charge in [-0.2, -0.15) is 5.10 Å². The Labute approximate surface area is 202 Å². The second-order valence-electron chi connectivity index (χ2n) is 8.81. The van der Waals surface area contributed by atoms with Crippen molar-refractivity contribution >= 4 is 34.0 Å². The van der Waals surface area contributed by atoms with Crippen LogP contribution in [0.5, 0.6) is 5.75 Å². The molecule has 35 heavy (non-hydrogen) atoms. The van der Waals surface area contributed by atoms with Crippen molar-refractivity contribution in [2.24, 2.45) is 0 Å². The lowest BCUT2D eigenvalue weighted by Gasteiger charge is -2.34. The molecular weight excluding hydrogens is 447 g/mol. The summed E-state index contributed by atoms with van der Waals surface area (Å²) in [5.41, 5.74) is 5.35. The van der Waals surface area contributed by atoms with E-state index in [1.54, 1.807) is 12.1 Å². The molecule has 1 amide bonds. The number of nitrogens with zero attached hydrogens (tertiary/aromatic N) is 4. The average Bonchev–Trinajstić information content (AvgIpc) is 3.24. The van der Waals surface area contributed by atoms with Crippen LogP contribution in [0.4, 0.5) is 21.6 Å². The number of nitrogens with one attached hydrogen (secondary N) is 2. The molecule has 0 aliphatic carbocycles. The van der Waals surface area contributed by atoms with Crippen LogP contribution in [0.2, 0.25) is 0 Å². The number of carbonyl (C=O) groups is 1. The van der Waals surface area contributed by atoms with Gasteiger partial charge in [-0.1, -0.05) is 12.1 Å². The number of ether oxygens (including phenoxy) is 1. The van der Waals surface area contributed by atoms with Gasteiger partial charge in [0, 0.05) is 31.2 Å². The highest BCUT2D eigenvalue weighted by atomic mass is 19.1. The summed E-state index contributed by atoms with van der Waals surface area (Å²) in [5, 5.41) is 12.0. The number of hydrogen-bond donors (Lipinski definition) is 2. The number of carbonyl (C=O) groups excluding carboxylic acids is 1. The molecule has 0 radical (unpaired) electrons. The molecule has 0 saturated carbocycles. The molecule has 3 heterocycles. The minimum absolute atomic E-state index is 0.0296. The summed E-state index contributed by atoms with van der Waals surface area (Å²) in [4.78, 5) is 18.7. The fraction of sp³-hybridized carbons (Fsp3) is 0.269. The van der Waals surface area contributed by atoms with Gasteiger partial charge < -0.3 is 20.3 Å². The summed E-state index contributed by atoms with van der Waals surface area (Å²) in [6, 6.07) is 12.7. The smallest absolute Gasteiger partial charge is 0.246 e. The zero-order chi connectivity index (χ0) is 24.7. The molecule has 0 unspecified atom stereocenters. The molecule has 2 aromatic carbocycles. The summed E-state index contributed by atoms with van der Waals surface area (Å²) in [6.45, 7) is 4.88. The molecule has 2 aromatic heterocycles. The first-order valence-corrected chi connectivity index (χ1v) is 11.4. The molecular formula is C26H27FN6O2. The van der Waals surface area contributed by atoms with Gasteiger partial charge >= 0.3 is 0 Å². The van der Waals surface area contributed by atoms with E-state index in [0.29, 0.717) is 13.1 Å². The number of rotatable bonds is 6. The van der Waals surface area contributed by atoms with Crippen molar-refractivity contribution < 1.29 is 13.9 Å². The van der Waals surface area contributed by atoms with Crippen molar-refractivity contribution in [3.63, 3.8) is 0 Å². The Bertz CT molecular complexity index is 1430. The number of aromatic nitrogens is 3. The van der Waals surface area contributed by atoms with Crippen molar-refractivity contribution in [3.8, 4) is 5.75 Å². The number of likely N-dealkylation sites (N-methyl/N-ethyl adjacent to an activating group) is 1. The molecule has 1 aliphatic heterocycles. The number of pyridine rings is 1. The second-order valence-corrected chi connectivity index (χ2v) is 8.81. The Morgan fingerprint density at radius 3 is 2.77 bits per heavy atom. The van der Waals surface area contributed by atoms with Crippen molar-refractivity contribution in [3.05, 3.63) is 71.3 Å². The maximum Gasteiger partial charge on any atom is 0.246 e. The molecule has 1 atom stereocenters. The molecule has 8 nitrogen and oxygen atoms in total. The number of anilines is 3. The van der Waals surface area contributed by atoms with Gasteiger partial charge in [0.15, 0.2) is 11.6 Å². The van der Waals surface area contributed by atoms with Crippen LogP contribution in [-0.2, 0) is 17.9 Å². The monoisotopic (exact) mass is 474 g/mol. The fourth-order valence-corrected chi connectivity index (χ4v) is 4.29. The number of aryl methyl sites for hydroxylation is 1. The number of fused-ring (bicyclic) bond motifs is 2. The van der Waals surface area contributed by atoms with E-state index in [9.17, 15) is 9.18 Å². The number of methoxy groups -OCH3 is 1. The Morgan fingerprint density at radius 2 is 1.97 bits per heavy atom. The van der Waals surface area contributed by atoms with Crippen LogP contribution in [0.15, 0.2) is 48.7 Å². The van der Waals surface area contributed by atoms with Gasteiger partial charge in [-0.3, -0.25) is 9.48 Å². The predicted molar refractivity (Wildman–Crippen MR) is 135 cm³/mol. The van der Waals surface area contributed by atoms with Crippen molar-refractivity contribution in [2.75, 3.05) is 29.7 Å². The van der Waals surface area contributed by atoms with E-state index >= 15 is 0 Å². The molecule has 9 heteroatoms. The summed E-state index contributed by atoms with van der Waals surface area (Å²) in [5.74, 6) is 0.561. The average molecular weight is 475 g/mol. The van der Waals surface area contributed by atoms with Gasteiger partial charge in [0.2, 0.25) is 5.91 Å². The molecule has 4 aromatic rings. The topological polar surface area (TPSA) is 84.3 Å². The minimum atomic E-state index is -0.381. The van der Waals surface area contributed by atoms with Crippen LogP contribution in [0.3, 0.4) is 0 Å². The first kappa shape index (κ1) is 22.6. The van der Waals surface area contributed by atoms with Gasteiger partial charge in [0.1, 0.15) is 11.9 Å². The highest BCUT2D eigenvalue weighted by molar-refractivity contribution is 6.04. The van der Waals surface area contributed by atoms with Crippen LogP contribution in [0.1, 0.15) is 23.7 Å². The van der Waals surface area contributed by atoms with E-state index in [1.807, 2.05) is 54.9 Å². The van der Waals surface area contributed by atoms with E-state index in [0.717, 1.165) is 44.9 Å². The third-order valence-electron chi connectivity index (χ3n) is 6.42. The van der Waals surface area contributed by atoms with Crippen LogP contribution in [0, 0.1) is 12.7 Å². The van der Waals surface area contributed by atoms with E-state index in [2.05, 4.69) is 26.8 Å². The molecule has 0 bridgehead atoms. The van der Waals surface area contributed by atoms with Crippen molar-refractivity contribution in [1.82, 2.24) is 14.8 Å². The van der Waals surface area contributed by atoms with Crippen molar-refractivity contribution in [2.45, 2.75) is 33.0 Å². The van der Waals surface area contributed by atoms with Crippen molar-refractivity contribution in [1.29, 1.82) is 0 Å². The molecule has 1 aliphatic rings. The van der Waals surface area contributed by atoms with Gasteiger partial charge in [0.05, 0.1) is 36.2 Å². The van der Waals surface area contributed by atoms with Gasteiger partial charge in [-0.05, 0) is 49.2 Å². The summed E-state index contributed by atoms with van der Waals surface area (Å²) >= 11 is 0. The first-order valence-electron chi connectivity index (χ1n) is 11.4. The number of halogens is 1. The van der Waals surface area contributed by atoms with E-state index in [4.69, 9.17) is 4.74 Å². The molecule has 180 valence electrons. The number of amides is 1. The zero-order valence-corrected chi connectivity index (χ0v) is 20.1. The zero-order valence-electron chi connectivity index (χ0n) is 20.1. The Kier molecular flexibility index (Phi) is 5.76. The molecule has 0 fully saturated rings. The van der Waals surface area contributed by atoms with Crippen LogP contribution < -0.4 is 20.3 Å². The fourth-order valence-electron chi connectivity index (χ4n) is 4.29. The Balaban J connectivity index is 1.32. The number of hydrogen-bond acceptors (Lipinski definition) is 6. The van der Waals surface area contributed by atoms with E-state index < -0.39 is 0 Å². The lowest BCUT2D eigenvalue weighted by molar-refractivity contribution is -0.117. The number of benzene rings is 2. The quantitative estimate of drug-likeness (QED) is 0.433. The maximum atomic E-state index is 13.7. The largest absolute Gasteiger partial charge is 0.494 e. The van der Waals surface area contributed by atoms with Crippen LogP contribution in [0.25, 0.3) is 10.9 Å². The SMILES string of the molecule is COc1cc(Cn2cc3cc(CNc4cc5c(c(C)n4)NC(=O)[C@H](C)N5C)ccc3n2)ccc1F. The van der Waals surface area contributed by atoms with Crippen LogP contribution in [-0.4, -0.2) is 40.9 Å². The molecule has 0 spiro atoms. The van der Waals surface area contributed by atoms with Crippen LogP contribution >= 0.6 is 0 Å². The highest BCUT2D eigenvalue weighted by Gasteiger charge is 2.28. The molecule has 0 saturated heterocycles. The normalized spacial score (nSPS) is 15.2. The summed E-state index contributed by atoms with van der Waals surface area (Å²) in [7, 11) is 3.37. The summed E-state index contributed by atoms with van der Waals surface area (Å²) < 4.78 is 20.6. The highest BCUT2D eigenvalue weighted by Crippen LogP contribution is 2.35. The van der Waals surface area contributed by atoms with E-state index in [-0.39, 0.29) is 23.5 Å². The second kappa shape index (κ2) is 8.90. The Hall–Kier alpha value is -4.14. The Morgan fingerprint density at radius 1 is 1.17 bits per heavy atom. The molecule has 5 rings (SSSR count). The lowest BCUT2D eigenvalue weighted by Crippen LogP contribution is -2.44. The lowest BCUT2D eigenvalue weighted by atomic mass is 10.1. The van der Waals surface area contributed by atoms with E-state index in [1.165, 1.54) is 13.2 Å².